The molecule has 28 heavy (non-hydrogen) atoms. The van der Waals surface area contributed by atoms with Crippen LogP contribution < -0.4 is 5.32 Å². The van der Waals surface area contributed by atoms with Gasteiger partial charge in [0.2, 0.25) is 5.91 Å². The number of imidazole rings is 1. The summed E-state index contributed by atoms with van der Waals surface area (Å²) in [5.74, 6) is 0.712. The summed E-state index contributed by atoms with van der Waals surface area (Å²) in [7, 11) is 0. The molecule has 1 saturated heterocycles. The van der Waals surface area contributed by atoms with E-state index in [4.69, 9.17) is 0 Å². The summed E-state index contributed by atoms with van der Waals surface area (Å²) >= 11 is 0. The molecule has 5 heteroatoms. The van der Waals surface area contributed by atoms with Crippen LogP contribution in [0.25, 0.3) is 11.0 Å². The topological polar surface area (TPSA) is 50.2 Å². The summed E-state index contributed by atoms with van der Waals surface area (Å²) in [6.45, 7) is 5.71. The quantitative estimate of drug-likeness (QED) is 0.715. The molecule has 4 rings (SSSR count). The van der Waals surface area contributed by atoms with E-state index in [9.17, 15) is 4.79 Å². The van der Waals surface area contributed by atoms with Gasteiger partial charge >= 0.3 is 0 Å². The second kappa shape index (κ2) is 8.57. The molecule has 1 atom stereocenters. The number of rotatable bonds is 6. The maximum Gasteiger partial charge on any atom is 0.242 e. The van der Waals surface area contributed by atoms with Gasteiger partial charge in [0.15, 0.2) is 0 Å². The first-order chi connectivity index (χ1) is 13.7. The number of para-hydroxylation sites is 2. The molecule has 2 heterocycles. The lowest BCUT2D eigenvalue weighted by Gasteiger charge is -2.32. The van der Waals surface area contributed by atoms with Gasteiger partial charge in [-0.15, -0.1) is 0 Å². The molecule has 1 N–H and O–H groups in total. The lowest BCUT2D eigenvalue weighted by molar-refractivity contribution is -0.123. The number of aromatic nitrogens is 2. The molecule has 0 unspecified atom stereocenters. The van der Waals surface area contributed by atoms with Gasteiger partial charge in [-0.1, -0.05) is 42.5 Å². The van der Waals surface area contributed by atoms with Crippen LogP contribution in [0.4, 0.5) is 0 Å². The molecule has 2 aromatic carbocycles. The van der Waals surface area contributed by atoms with Gasteiger partial charge in [-0.25, -0.2) is 4.98 Å². The van der Waals surface area contributed by atoms with E-state index in [1.165, 1.54) is 18.4 Å². The lowest BCUT2D eigenvalue weighted by Crippen LogP contribution is -2.40. The molecule has 1 amide bonds. The Morgan fingerprint density at radius 3 is 2.61 bits per heavy atom. The van der Waals surface area contributed by atoms with Crippen molar-refractivity contribution in [1.82, 2.24) is 19.8 Å². The first kappa shape index (κ1) is 18.7. The van der Waals surface area contributed by atoms with E-state index in [0.717, 1.165) is 30.7 Å². The van der Waals surface area contributed by atoms with Crippen LogP contribution in [0.3, 0.4) is 0 Å². The van der Waals surface area contributed by atoms with Crippen LogP contribution >= 0.6 is 0 Å². The van der Waals surface area contributed by atoms with E-state index in [0.29, 0.717) is 12.5 Å². The number of fused-ring (bicyclic) bond motifs is 1. The number of piperidine rings is 1. The number of hydrogen-bond donors (Lipinski definition) is 1. The maximum atomic E-state index is 12.6. The first-order valence-electron chi connectivity index (χ1n) is 10.2. The van der Waals surface area contributed by atoms with Crippen LogP contribution in [0.15, 0.2) is 60.9 Å². The summed E-state index contributed by atoms with van der Waals surface area (Å²) in [6, 6.07) is 18.5. The van der Waals surface area contributed by atoms with Crippen LogP contribution in [-0.2, 0) is 4.79 Å². The third-order valence-electron chi connectivity index (χ3n) is 5.86. The smallest absolute Gasteiger partial charge is 0.242 e. The SMILES string of the molecule is C[C@H](C(=O)NCCN1CCC(c2ccccc2)CC1)n1cnc2ccccc21. The van der Waals surface area contributed by atoms with Crippen molar-refractivity contribution in [2.75, 3.05) is 26.2 Å². The monoisotopic (exact) mass is 376 g/mol. The maximum absolute atomic E-state index is 12.6. The summed E-state index contributed by atoms with van der Waals surface area (Å²) in [5.41, 5.74) is 3.37. The molecule has 146 valence electrons. The fourth-order valence-electron chi connectivity index (χ4n) is 4.11. The summed E-state index contributed by atoms with van der Waals surface area (Å²) in [4.78, 5) is 19.4. The fourth-order valence-corrected chi connectivity index (χ4v) is 4.11. The lowest BCUT2D eigenvalue weighted by atomic mass is 9.89. The Morgan fingerprint density at radius 1 is 1.11 bits per heavy atom. The molecule has 1 aliphatic rings. The highest BCUT2D eigenvalue weighted by Crippen LogP contribution is 2.27. The Hall–Kier alpha value is -2.66. The Morgan fingerprint density at radius 2 is 1.82 bits per heavy atom. The molecule has 0 aliphatic carbocycles. The van der Waals surface area contributed by atoms with Crippen molar-refractivity contribution in [2.24, 2.45) is 0 Å². The van der Waals surface area contributed by atoms with Crippen LogP contribution in [0.1, 0.15) is 37.3 Å². The van der Waals surface area contributed by atoms with E-state index in [1.54, 1.807) is 6.33 Å². The third kappa shape index (κ3) is 4.09. The minimum Gasteiger partial charge on any atom is -0.353 e. The van der Waals surface area contributed by atoms with E-state index >= 15 is 0 Å². The van der Waals surface area contributed by atoms with E-state index in [1.807, 2.05) is 35.8 Å². The van der Waals surface area contributed by atoms with Crippen molar-refractivity contribution in [3.8, 4) is 0 Å². The zero-order valence-electron chi connectivity index (χ0n) is 16.4. The number of nitrogens with zero attached hydrogens (tertiary/aromatic N) is 3. The minimum atomic E-state index is -0.267. The largest absolute Gasteiger partial charge is 0.353 e. The molecule has 0 radical (unpaired) electrons. The average molecular weight is 377 g/mol. The molecule has 1 aliphatic heterocycles. The summed E-state index contributed by atoms with van der Waals surface area (Å²) in [6.07, 6.45) is 4.13. The van der Waals surface area contributed by atoms with Crippen molar-refractivity contribution >= 4 is 16.9 Å². The van der Waals surface area contributed by atoms with Crippen molar-refractivity contribution < 1.29 is 4.79 Å². The van der Waals surface area contributed by atoms with E-state index in [2.05, 4.69) is 45.5 Å². The second-order valence-corrected chi connectivity index (χ2v) is 7.63. The number of carbonyl (C=O) groups is 1. The molecule has 0 spiro atoms. The fraction of sp³-hybridized carbons (Fsp3) is 0.391. The predicted octanol–water partition coefficient (Wildman–Crippen LogP) is 3.59. The van der Waals surface area contributed by atoms with Gasteiger partial charge in [-0.2, -0.15) is 0 Å². The Kier molecular flexibility index (Phi) is 5.72. The number of nitrogens with one attached hydrogen (secondary N) is 1. The number of benzene rings is 2. The van der Waals surface area contributed by atoms with E-state index in [-0.39, 0.29) is 11.9 Å². The Balaban J connectivity index is 1.24. The molecular weight excluding hydrogens is 348 g/mol. The molecule has 0 saturated carbocycles. The van der Waals surface area contributed by atoms with Crippen molar-refractivity contribution in [1.29, 1.82) is 0 Å². The zero-order chi connectivity index (χ0) is 19.3. The van der Waals surface area contributed by atoms with Crippen LogP contribution in [0.2, 0.25) is 0 Å². The molecule has 1 fully saturated rings. The van der Waals surface area contributed by atoms with E-state index < -0.39 is 0 Å². The normalized spacial score (nSPS) is 16.9. The summed E-state index contributed by atoms with van der Waals surface area (Å²) in [5, 5.41) is 3.10. The molecule has 3 aromatic rings. The predicted molar refractivity (Wildman–Crippen MR) is 112 cm³/mol. The molecule has 0 bridgehead atoms. The number of likely N-dealkylation sites (tertiary alicyclic amines) is 1. The first-order valence-corrected chi connectivity index (χ1v) is 10.2. The number of amides is 1. The number of hydrogen-bond acceptors (Lipinski definition) is 3. The Bertz CT molecular complexity index is 913. The average Bonchev–Trinajstić information content (AvgIpc) is 3.18. The molecule has 5 nitrogen and oxygen atoms in total. The van der Waals surface area contributed by atoms with Gasteiger partial charge in [0.05, 0.1) is 17.4 Å². The Labute approximate surface area is 166 Å². The summed E-state index contributed by atoms with van der Waals surface area (Å²) < 4.78 is 1.94. The van der Waals surface area contributed by atoms with Crippen molar-refractivity contribution in [2.45, 2.75) is 31.7 Å². The molecule has 1 aromatic heterocycles. The van der Waals surface area contributed by atoms with Gasteiger partial charge in [-0.05, 0) is 56.5 Å². The zero-order valence-corrected chi connectivity index (χ0v) is 16.4. The van der Waals surface area contributed by atoms with Crippen molar-refractivity contribution in [3.05, 3.63) is 66.5 Å². The standard InChI is InChI=1S/C23H28N4O/c1-18(27-17-25-21-9-5-6-10-22(21)27)23(28)24-13-16-26-14-11-20(12-15-26)19-7-3-2-4-8-19/h2-10,17-18,20H,11-16H2,1H3,(H,24,28)/t18-/m1/s1. The highest BCUT2D eigenvalue weighted by atomic mass is 16.2. The number of carbonyl (C=O) groups excluding carboxylic acids is 1. The van der Waals surface area contributed by atoms with Gasteiger partial charge in [0.1, 0.15) is 6.04 Å². The van der Waals surface area contributed by atoms with Gasteiger partial charge in [0.25, 0.3) is 0 Å². The van der Waals surface area contributed by atoms with Crippen LogP contribution in [0.5, 0.6) is 0 Å². The highest BCUT2D eigenvalue weighted by molar-refractivity contribution is 5.83. The van der Waals surface area contributed by atoms with Gasteiger partial charge in [0, 0.05) is 13.1 Å². The highest BCUT2D eigenvalue weighted by Gasteiger charge is 2.21. The third-order valence-corrected chi connectivity index (χ3v) is 5.86. The molecular formula is C23H28N4O. The van der Waals surface area contributed by atoms with Gasteiger partial charge in [-0.3, -0.25) is 4.79 Å². The minimum absolute atomic E-state index is 0.0438. The second-order valence-electron chi connectivity index (χ2n) is 7.63. The van der Waals surface area contributed by atoms with Crippen molar-refractivity contribution in [3.63, 3.8) is 0 Å². The van der Waals surface area contributed by atoms with Gasteiger partial charge < -0.3 is 14.8 Å². The van der Waals surface area contributed by atoms with Crippen LogP contribution in [0, 0.1) is 0 Å². The van der Waals surface area contributed by atoms with Crippen LogP contribution in [-0.4, -0.2) is 46.5 Å².